The monoisotopic (exact) mass is 246 g/mol. The highest BCUT2D eigenvalue weighted by molar-refractivity contribution is 9.09. The molecule has 2 bridgehead atoms. The fraction of sp³-hybridized carbons (Fsp3) is 0.900. The number of hydrogen-bond acceptors (Lipinski definition) is 2. The van der Waals surface area contributed by atoms with Crippen molar-refractivity contribution in [2.45, 2.75) is 26.7 Å². The van der Waals surface area contributed by atoms with E-state index in [4.69, 9.17) is 4.74 Å². The minimum Gasteiger partial charge on any atom is -0.465 e. The van der Waals surface area contributed by atoms with Crippen LogP contribution in [0.2, 0.25) is 0 Å². The van der Waals surface area contributed by atoms with E-state index in [1.807, 2.05) is 0 Å². The molecule has 0 aromatic rings. The van der Waals surface area contributed by atoms with Gasteiger partial charge in [-0.25, -0.2) is 0 Å². The molecule has 0 unspecified atom stereocenters. The van der Waals surface area contributed by atoms with Gasteiger partial charge in [-0.15, -0.1) is 0 Å². The van der Waals surface area contributed by atoms with Gasteiger partial charge in [0.2, 0.25) is 0 Å². The van der Waals surface area contributed by atoms with Crippen LogP contribution in [0, 0.1) is 16.7 Å². The van der Waals surface area contributed by atoms with Gasteiger partial charge in [-0.3, -0.25) is 4.79 Å². The minimum absolute atomic E-state index is 0.00296. The van der Waals surface area contributed by atoms with E-state index in [0.717, 1.165) is 18.2 Å². The van der Waals surface area contributed by atoms with Crippen LogP contribution in [0.25, 0.3) is 0 Å². The van der Waals surface area contributed by atoms with Crippen molar-refractivity contribution in [3.8, 4) is 0 Å². The van der Waals surface area contributed by atoms with Gasteiger partial charge in [-0.05, 0) is 25.2 Å². The lowest BCUT2D eigenvalue weighted by atomic mass is 9.64. The first-order valence-electron chi connectivity index (χ1n) is 4.78. The molecule has 2 fully saturated rings. The maximum atomic E-state index is 11.7. The second-order valence-electron chi connectivity index (χ2n) is 4.72. The molecule has 0 spiro atoms. The van der Waals surface area contributed by atoms with Crippen molar-refractivity contribution in [3.05, 3.63) is 0 Å². The molecule has 1 heterocycles. The zero-order valence-electron chi connectivity index (χ0n) is 8.10. The lowest BCUT2D eigenvalue weighted by Gasteiger charge is -2.45. The summed E-state index contributed by atoms with van der Waals surface area (Å²) < 4.78 is 5.21. The molecule has 1 aliphatic heterocycles. The SMILES string of the molecule is C[C@]12CC[C@H](COC1=O)[C@@]2(C)CBr. The highest BCUT2D eigenvalue weighted by atomic mass is 79.9. The molecular formula is C10H15BrO2. The van der Waals surface area contributed by atoms with Gasteiger partial charge in [0, 0.05) is 11.2 Å². The van der Waals surface area contributed by atoms with Crippen LogP contribution in [0.1, 0.15) is 26.7 Å². The van der Waals surface area contributed by atoms with Crippen LogP contribution in [0.15, 0.2) is 0 Å². The quantitative estimate of drug-likeness (QED) is 0.525. The van der Waals surface area contributed by atoms with Crippen molar-refractivity contribution in [1.82, 2.24) is 0 Å². The molecule has 0 radical (unpaired) electrons. The Morgan fingerprint density at radius 2 is 2.31 bits per heavy atom. The minimum atomic E-state index is -0.251. The molecule has 3 atom stereocenters. The number of ether oxygens (including phenoxy) is 1. The van der Waals surface area contributed by atoms with Gasteiger partial charge in [-0.1, -0.05) is 22.9 Å². The van der Waals surface area contributed by atoms with E-state index in [1.165, 1.54) is 0 Å². The molecule has 2 aliphatic rings. The van der Waals surface area contributed by atoms with Crippen molar-refractivity contribution in [1.29, 1.82) is 0 Å². The van der Waals surface area contributed by atoms with E-state index in [2.05, 4.69) is 29.8 Å². The van der Waals surface area contributed by atoms with E-state index < -0.39 is 0 Å². The summed E-state index contributed by atoms with van der Waals surface area (Å²) in [4.78, 5) is 11.7. The maximum absolute atomic E-state index is 11.7. The summed E-state index contributed by atoms with van der Waals surface area (Å²) in [6.07, 6.45) is 2.11. The van der Waals surface area contributed by atoms with Crippen molar-refractivity contribution < 1.29 is 9.53 Å². The lowest BCUT2D eigenvalue weighted by Crippen LogP contribution is -2.50. The molecule has 1 saturated heterocycles. The molecular weight excluding hydrogens is 232 g/mol. The molecule has 13 heavy (non-hydrogen) atoms. The molecule has 3 heteroatoms. The average molecular weight is 247 g/mol. The lowest BCUT2D eigenvalue weighted by molar-refractivity contribution is -0.173. The first kappa shape index (κ1) is 9.50. The molecule has 0 N–H and O–H groups in total. The molecule has 74 valence electrons. The Bertz CT molecular complexity index is 253. The molecule has 2 rings (SSSR count). The fourth-order valence-corrected chi connectivity index (χ4v) is 3.79. The summed E-state index contributed by atoms with van der Waals surface area (Å²) in [6.45, 7) is 4.88. The number of halogens is 1. The number of rotatable bonds is 1. The van der Waals surface area contributed by atoms with Gasteiger partial charge in [-0.2, -0.15) is 0 Å². The molecule has 2 nitrogen and oxygen atoms in total. The molecule has 1 aliphatic carbocycles. The Morgan fingerprint density at radius 1 is 1.62 bits per heavy atom. The second-order valence-corrected chi connectivity index (χ2v) is 5.28. The Balaban J connectivity index is 2.43. The Labute approximate surface area is 87.2 Å². The summed E-state index contributed by atoms with van der Waals surface area (Å²) in [7, 11) is 0. The molecule has 1 saturated carbocycles. The Kier molecular flexibility index (Phi) is 1.99. The van der Waals surface area contributed by atoms with E-state index >= 15 is 0 Å². The topological polar surface area (TPSA) is 26.3 Å². The number of hydrogen-bond donors (Lipinski definition) is 0. The molecule has 0 aromatic heterocycles. The zero-order chi connectivity index (χ0) is 9.69. The van der Waals surface area contributed by atoms with Crippen molar-refractivity contribution in [2.24, 2.45) is 16.7 Å². The van der Waals surface area contributed by atoms with E-state index in [0.29, 0.717) is 12.5 Å². The van der Waals surface area contributed by atoms with E-state index in [-0.39, 0.29) is 16.8 Å². The molecule has 0 aromatic carbocycles. The van der Waals surface area contributed by atoms with Crippen molar-refractivity contribution in [2.75, 3.05) is 11.9 Å². The summed E-state index contributed by atoms with van der Waals surface area (Å²) >= 11 is 3.54. The van der Waals surface area contributed by atoms with E-state index in [9.17, 15) is 4.79 Å². The van der Waals surface area contributed by atoms with Crippen LogP contribution >= 0.6 is 15.9 Å². The summed E-state index contributed by atoms with van der Waals surface area (Å²) in [5.74, 6) is 0.553. The summed E-state index contributed by atoms with van der Waals surface area (Å²) in [5.41, 5.74) is -0.151. The highest BCUT2D eigenvalue weighted by Crippen LogP contribution is 2.59. The molecule has 0 amide bonds. The summed E-state index contributed by atoms with van der Waals surface area (Å²) in [6, 6.07) is 0. The standard InChI is InChI=1S/C10H15BrO2/c1-9-4-3-7(5-13-8(9)12)10(9,2)6-11/h7H,3-6H2,1-2H3/t7-,9+,10-/m1/s1. The normalized spacial score (nSPS) is 49.2. The first-order valence-corrected chi connectivity index (χ1v) is 5.90. The number of carbonyl (C=O) groups is 1. The number of fused-ring (bicyclic) bond motifs is 2. The van der Waals surface area contributed by atoms with Crippen LogP contribution < -0.4 is 0 Å². The number of cyclic esters (lactones) is 1. The first-order chi connectivity index (χ1) is 6.04. The van der Waals surface area contributed by atoms with E-state index in [1.54, 1.807) is 0 Å². The predicted octanol–water partition coefficient (Wildman–Crippen LogP) is 2.36. The predicted molar refractivity (Wildman–Crippen MR) is 53.7 cm³/mol. The van der Waals surface area contributed by atoms with Gasteiger partial charge in [0.1, 0.15) is 0 Å². The van der Waals surface area contributed by atoms with Crippen LogP contribution in [0.5, 0.6) is 0 Å². The zero-order valence-corrected chi connectivity index (χ0v) is 9.69. The van der Waals surface area contributed by atoms with Crippen LogP contribution in [-0.2, 0) is 9.53 Å². The van der Waals surface area contributed by atoms with Crippen molar-refractivity contribution >= 4 is 21.9 Å². The highest BCUT2D eigenvalue weighted by Gasteiger charge is 2.61. The van der Waals surface area contributed by atoms with Crippen LogP contribution in [0.4, 0.5) is 0 Å². The third kappa shape index (κ3) is 0.969. The Morgan fingerprint density at radius 3 is 2.85 bits per heavy atom. The fourth-order valence-electron chi connectivity index (χ4n) is 2.71. The van der Waals surface area contributed by atoms with Crippen LogP contribution in [0.3, 0.4) is 0 Å². The second kappa shape index (κ2) is 2.72. The number of esters is 1. The van der Waals surface area contributed by atoms with Gasteiger partial charge in [0.05, 0.1) is 12.0 Å². The smallest absolute Gasteiger partial charge is 0.312 e. The maximum Gasteiger partial charge on any atom is 0.312 e. The number of carbonyl (C=O) groups excluding carboxylic acids is 1. The largest absolute Gasteiger partial charge is 0.465 e. The summed E-state index contributed by atoms with van der Waals surface area (Å²) in [5, 5.41) is 0.899. The van der Waals surface area contributed by atoms with Gasteiger partial charge in [0.15, 0.2) is 0 Å². The van der Waals surface area contributed by atoms with Crippen molar-refractivity contribution in [3.63, 3.8) is 0 Å². The van der Waals surface area contributed by atoms with Gasteiger partial charge in [0.25, 0.3) is 0 Å². The average Bonchev–Trinajstić information content (AvgIpc) is 2.26. The number of alkyl halides is 1. The third-order valence-corrected chi connectivity index (χ3v) is 5.46. The van der Waals surface area contributed by atoms with Crippen LogP contribution in [-0.4, -0.2) is 17.9 Å². The van der Waals surface area contributed by atoms with Gasteiger partial charge >= 0.3 is 5.97 Å². The Hall–Kier alpha value is -0.0500. The third-order valence-electron chi connectivity index (χ3n) is 4.30. The van der Waals surface area contributed by atoms with Gasteiger partial charge < -0.3 is 4.74 Å².